The molecular formula is C17H20N4O5S. The van der Waals surface area contributed by atoms with Crippen LogP contribution in [0.15, 0.2) is 30.9 Å². The minimum atomic E-state index is -3.62. The van der Waals surface area contributed by atoms with Crippen LogP contribution in [0.2, 0.25) is 0 Å². The second-order valence-corrected chi connectivity index (χ2v) is 7.62. The van der Waals surface area contributed by atoms with Crippen molar-refractivity contribution in [3.05, 3.63) is 53.4 Å². The van der Waals surface area contributed by atoms with E-state index in [0.29, 0.717) is 23.2 Å². The fourth-order valence-corrected chi connectivity index (χ4v) is 3.15. The lowest BCUT2D eigenvalue weighted by Crippen LogP contribution is -2.06. The number of aromatic nitrogens is 4. The highest BCUT2D eigenvalue weighted by atomic mass is 32.2. The predicted molar refractivity (Wildman–Crippen MR) is 96.9 cm³/mol. The molecule has 0 fully saturated rings. The third-order valence-corrected chi connectivity index (χ3v) is 4.69. The number of esters is 1. The van der Waals surface area contributed by atoms with Crippen LogP contribution in [0.4, 0.5) is 0 Å². The van der Waals surface area contributed by atoms with Gasteiger partial charge < -0.3 is 9.30 Å². The third-order valence-electron chi connectivity index (χ3n) is 4.15. The van der Waals surface area contributed by atoms with Crippen LogP contribution in [0.25, 0.3) is 5.52 Å². The average molecular weight is 392 g/mol. The molecule has 3 aromatic heterocycles. The van der Waals surface area contributed by atoms with Crippen molar-refractivity contribution in [1.82, 2.24) is 19.2 Å². The van der Waals surface area contributed by atoms with E-state index in [4.69, 9.17) is 8.92 Å². The van der Waals surface area contributed by atoms with E-state index in [1.807, 2.05) is 11.5 Å². The number of rotatable bonds is 7. The largest absolute Gasteiger partial charge is 0.465 e. The summed E-state index contributed by atoms with van der Waals surface area (Å²) in [6.45, 7) is 2.56. The van der Waals surface area contributed by atoms with Gasteiger partial charge in [-0.15, -0.1) is 0 Å². The number of carbonyl (C=O) groups excluding carboxylic acids is 1. The van der Waals surface area contributed by atoms with Crippen molar-refractivity contribution in [2.75, 3.05) is 13.4 Å². The molecule has 0 amide bonds. The molecule has 3 rings (SSSR count). The molecule has 0 N–H and O–H groups in total. The van der Waals surface area contributed by atoms with Gasteiger partial charge in [-0.25, -0.2) is 14.3 Å². The van der Waals surface area contributed by atoms with Gasteiger partial charge in [0.2, 0.25) is 0 Å². The number of hydrogen-bond donors (Lipinski definition) is 0. The van der Waals surface area contributed by atoms with E-state index >= 15 is 0 Å². The van der Waals surface area contributed by atoms with E-state index < -0.39 is 16.1 Å². The lowest BCUT2D eigenvalue weighted by Gasteiger charge is -2.07. The van der Waals surface area contributed by atoms with Crippen LogP contribution < -0.4 is 0 Å². The molecule has 0 unspecified atom stereocenters. The van der Waals surface area contributed by atoms with Crippen molar-refractivity contribution in [2.45, 2.75) is 26.5 Å². The van der Waals surface area contributed by atoms with Crippen LogP contribution in [0.1, 0.15) is 34.2 Å². The maximum atomic E-state index is 11.9. The van der Waals surface area contributed by atoms with Gasteiger partial charge in [-0.1, -0.05) is 0 Å². The van der Waals surface area contributed by atoms with Crippen molar-refractivity contribution >= 4 is 21.6 Å². The standard InChI is InChI=1S/C17H20N4O5S/c1-4-20-11-18-9-13(20)8-14-15(10-26-27(3,23)24)19-21-6-5-12(7-16(14)21)17(22)25-2/h5-7,9,11H,4,8,10H2,1-3H3. The lowest BCUT2D eigenvalue weighted by atomic mass is 10.1. The number of fused-ring (bicyclic) bond motifs is 1. The Bertz CT molecular complexity index is 1080. The minimum absolute atomic E-state index is 0.191. The normalized spacial score (nSPS) is 11.8. The number of ether oxygens (including phenoxy) is 1. The number of pyridine rings is 1. The number of imidazole rings is 1. The highest BCUT2D eigenvalue weighted by Gasteiger charge is 2.18. The Morgan fingerprint density at radius 3 is 2.78 bits per heavy atom. The molecule has 0 bridgehead atoms. The first kappa shape index (κ1) is 19.1. The van der Waals surface area contributed by atoms with Gasteiger partial charge in [0.05, 0.1) is 36.5 Å². The number of aryl methyl sites for hydroxylation is 1. The number of hydrogen-bond acceptors (Lipinski definition) is 7. The molecule has 0 aliphatic carbocycles. The van der Waals surface area contributed by atoms with Crippen molar-refractivity contribution < 1.29 is 22.1 Å². The average Bonchev–Trinajstić information content (AvgIpc) is 3.23. The molecule has 0 saturated carbocycles. The van der Waals surface area contributed by atoms with E-state index in [1.54, 1.807) is 35.4 Å². The summed E-state index contributed by atoms with van der Waals surface area (Å²) >= 11 is 0. The second kappa shape index (κ2) is 7.49. The molecule has 9 nitrogen and oxygen atoms in total. The Kier molecular flexibility index (Phi) is 5.29. The van der Waals surface area contributed by atoms with E-state index in [1.165, 1.54) is 7.11 Å². The van der Waals surface area contributed by atoms with Crippen LogP contribution in [0.5, 0.6) is 0 Å². The van der Waals surface area contributed by atoms with Gasteiger partial charge >= 0.3 is 5.97 Å². The molecule has 10 heteroatoms. The zero-order valence-corrected chi connectivity index (χ0v) is 16.1. The van der Waals surface area contributed by atoms with Crippen molar-refractivity contribution in [3.63, 3.8) is 0 Å². The smallest absolute Gasteiger partial charge is 0.337 e. The summed E-state index contributed by atoms with van der Waals surface area (Å²) in [6.07, 6.45) is 6.56. The second-order valence-electron chi connectivity index (χ2n) is 5.98. The number of methoxy groups -OCH3 is 1. The SMILES string of the molecule is CCn1cncc1Cc1c(COS(C)(=O)=O)nn2ccc(C(=O)OC)cc12. The summed E-state index contributed by atoms with van der Waals surface area (Å²) in [5, 5.41) is 4.42. The molecule has 0 radical (unpaired) electrons. The van der Waals surface area contributed by atoms with E-state index in [-0.39, 0.29) is 6.61 Å². The summed E-state index contributed by atoms with van der Waals surface area (Å²) in [7, 11) is -2.30. The van der Waals surface area contributed by atoms with Crippen molar-refractivity contribution in [2.24, 2.45) is 0 Å². The quantitative estimate of drug-likeness (QED) is 0.442. The van der Waals surface area contributed by atoms with Crippen LogP contribution in [-0.2, 0) is 38.6 Å². The highest BCUT2D eigenvalue weighted by molar-refractivity contribution is 7.85. The summed E-state index contributed by atoms with van der Waals surface area (Å²) in [5.41, 5.74) is 3.24. The zero-order valence-electron chi connectivity index (χ0n) is 15.2. The molecule has 0 aliphatic heterocycles. The molecule has 3 aromatic rings. The lowest BCUT2D eigenvalue weighted by molar-refractivity contribution is 0.0600. The van der Waals surface area contributed by atoms with Gasteiger partial charge in [0, 0.05) is 36.6 Å². The van der Waals surface area contributed by atoms with Gasteiger partial charge in [0.15, 0.2) is 0 Å². The fraction of sp³-hybridized carbons (Fsp3) is 0.353. The summed E-state index contributed by atoms with van der Waals surface area (Å²) in [4.78, 5) is 16.0. The van der Waals surface area contributed by atoms with Gasteiger partial charge in [-0.05, 0) is 19.1 Å². The van der Waals surface area contributed by atoms with Crippen LogP contribution in [-0.4, -0.2) is 46.9 Å². The van der Waals surface area contributed by atoms with Crippen molar-refractivity contribution in [1.29, 1.82) is 0 Å². The molecule has 0 spiro atoms. The highest BCUT2D eigenvalue weighted by Crippen LogP contribution is 2.22. The first-order chi connectivity index (χ1) is 12.8. The van der Waals surface area contributed by atoms with Crippen LogP contribution in [0.3, 0.4) is 0 Å². The molecule has 144 valence electrons. The molecule has 27 heavy (non-hydrogen) atoms. The van der Waals surface area contributed by atoms with Gasteiger partial charge in [0.1, 0.15) is 6.61 Å². The van der Waals surface area contributed by atoms with Crippen molar-refractivity contribution in [3.8, 4) is 0 Å². The Morgan fingerprint density at radius 2 is 2.11 bits per heavy atom. The Hall–Kier alpha value is -2.72. The van der Waals surface area contributed by atoms with Crippen LogP contribution in [0, 0.1) is 0 Å². The zero-order chi connectivity index (χ0) is 19.6. The van der Waals surface area contributed by atoms with E-state index in [2.05, 4.69) is 10.1 Å². The Morgan fingerprint density at radius 1 is 1.33 bits per heavy atom. The van der Waals surface area contributed by atoms with E-state index in [9.17, 15) is 13.2 Å². The summed E-state index contributed by atoms with van der Waals surface area (Å²) in [5.74, 6) is -0.461. The monoisotopic (exact) mass is 392 g/mol. The van der Waals surface area contributed by atoms with E-state index in [0.717, 1.165) is 24.1 Å². The molecular weight excluding hydrogens is 372 g/mol. The Balaban J connectivity index is 2.10. The molecule has 0 aliphatic rings. The molecule has 0 atom stereocenters. The minimum Gasteiger partial charge on any atom is -0.465 e. The molecule has 0 aromatic carbocycles. The van der Waals surface area contributed by atoms with Crippen LogP contribution >= 0.6 is 0 Å². The first-order valence-electron chi connectivity index (χ1n) is 8.24. The maximum Gasteiger partial charge on any atom is 0.337 e. The van der Waals surface area contributed by atoms with Gasteiger partial charge in [-0.2, -0.15) is 13.5 Å². The molecule has 3 heterocycles. The first-order valence-corrected chi connectivity index (χ1v) is 10.1. The Labute approximate surface area is 156 Å². The topological polar surface area (TPSA) is 105 Å². The molecule has 0 saturated heterocycles. The maximum absolute atomic E-state index is 11.9. The third kappa shape index (κ3) is 4.17. The summed E-state index contributed by atoms with van der Waals surface area (Å²) < 4.78 is 36.1. The van der Waals surface area contributed by atoms with Gasteiger partial charge in [0.25, 0.3) is 10.1 Å². The fourth-order valence-electron chi connectivity index (χ4n) is 2.82. The van der Waals surface area contributed by atoms with Gasteiger partial charge in [-0.3, -0.25) is 4.18 Å². The number of carbonyl (C=O) groups is 1. The predicted octanol–water partition coefficient (Wildman–Crippen LogP) is 1.40. The number of nitrogens with zero attached hydrogens (tertiary/aromatic N) is 4. The summed E-state index contributed by atoms with van der Waals surface area (Å²) in [6, 6.07) is 3.26.